The standard InChI is InChI=1S/C16H18F3N3O2S/c1-11(13-6-4-8-25-13)22(2)15(23)21-9-12-5-3-7-20-14(12)24-10-16(17,18)19/h3-8,11H,9-10H2,1-2H3,(H,21,23). The number of pyridine rings is 1. The average molecular weight is 373 g/mol. The fourth-order valence-corrected chi connectivity index (χ4v) is 2.86. The molecule has 0 radical (unpaired) electrons. The van der Waals surface area contributed by atoms with Crippen LogP contribution in [0.25, 0.3) is 0 Å². The van der Waals surface area contributed by atoms with Gasteiger partial charge < -0.3 is 15.0 Å². The van der Waals surface area contributed by atoms with Crippen molar-refractivity contribution in [2.75, 3.05) is 13.7 Å². The van der Waals surface area contributed by atoms with Crippen molar-refractivity contribution in [2.24, 2.45) is 0 Å². The molecule has 0 aliphatic carbocycles. The fraction of sp³-hybridized carbons (Fsp3) is 0.375. The third kappa shape index (κ3) is 5.63. The largest absolute Gasteiger partial charge is 0.468 e. The molecule has 0 aromatic carbocycles. The number of halogens is 3. The summed E-state index contributed by atoms with van der Waals surface area (Å²) in [6, 6.07) is 6.51. The minimum Gasteiger partial charge on any atom is -0.468 e. The van der Waals surface area contributed by atoms with Crippen molar-refractivity contribution >= 4 is 17.4 Å². The highest BCUT2D eigenvalue weighted by atomic mass is 32.1. The number of thiophene rings is 1. The molecular weight excluding hydrogens is 355 g/mol. The van der Waals surface area contributed by atoms with Crippen LogP contribution in [0.2, 0.25) is 0 Å². The molecule has 2 aromatic heterocycles. The molecule has 0 fully saturated rings. The van der Waals surface area contributed by atoms with Crippen molar-refractivity contribution in [3.8, 4) is 5.88 Å². The van der Waals surface area contributed by atoms with E-state index in [4.69, 9.17) is 4.74 Å². The monoisotopic (exact) mass is 373 g/mol. The maximum absolute atomic E-state index is 12.3. The zero-order valence-electron chi connectivity index (χ0n) is 13.7. The lowest BCUT2D eigenvalue weighted by Crippen LogP contribution is -2.38. The van der Waals surface area contributed by atoms with Crippen LogP contribution in [0, 0.1) is 0 Å². The Kier molecular flexibility index (Phi) is 6.24. The molecule has 0 saturated carbocycles. The van der Waals surface area contributed by atoms with E-state index in [1.165, 1.54) is 11.1 Å². The third-order valence-electron chi connectivity index (χ3n) is 3.51. The zero-order chi connectivity index (χ0) is 18.4. The van der Waals surface area contributed by atoms with Crippen LogP contribution in [0.5, 0.6) is 5.88 Å². The Morgan fingerprint density at radius 1 is 1.40 bits per heavy atom. The Labute approximate surface area is 147 Å². The predicted molar refractivity (Wildman–Crippen MR) is 88.5 cm³/mol. The van der Waals surface area contributed by atoms with Gasteiger partial charge in [0.2, 0.25) is 5.88 Å². The SMILES string of the molecule is CC(c1cccs1)N(C)C(=O)NCc1cccnc1OCC(F)(F)F. The lowest BCUT2D eigenvalue weighted by Gasteiger charge is -2.24. The average Bonchev–Trinajstić information content (AvgIpc) is 3.11. The maximum atomic E-state index is 12.3. The number of hydrogen-bond acceptors (Lipinski definition) is 4. The van der Waals surface area contributed by atoms with E-state index in [0.717, 1.165) is 4.88 Å². The van der Waals surface area contributed by atoms with Gasteiger partial charge in [0.05, 0.1) is 6.04 Å². The number of ether oxygens (including phenoxy) is 1. The maximum Gasteiger partial charge on any atom is 0.422 e. The van der Waals surface area contributed by atoms with Crippen molar-refractivity contribution in [3.63, 3.8) is 0 Å². The summed E-state index contributed by atoms with van der Waals surface area (Å²) in [5, 5.41) is 4.60. The number of carbonyl (C=O) groups is 1. The minimum atomic E-state index is -4.45. The first-order valence-electron chi connectivity index (χ1n) is 7.45. The highest BCUT2D eigenvalue weighted by Gasteiger charge is 2.29. The number of alkyl halides is 3. The highest BCUT2D eigenvalue weighted by Crippen LogP contribution is 2.24. The topological polar surface area (TPSA) is 54.5 Å². The van der Waals surface area contributed by atoms with Crippen molar-refractivity contribution in [1.29, 1.82) is 0 Å². The van der Waals surface area contributed by atoms with Crippen molar-refractivity contribution in [1.82, 2.24) is 15.2 Å². The number of rotatable bonds is 6. The minimum absolute atomic E-state index is 0.0152. The first kappa shape index (κ1) is 19.0. The Hall–Kier alpha value is -2.29. The molecule has 2 aromatic rings. The summed E-state index contributed by atoms with van der Waals surface area (Å²) in [5.41, 5.74) is 0.372. The van der Waals surface area contributed by atoms with Crippen LogP contribution in [-0.4, -0.2) is 35.7 Å². The second-order valence-corrected chi connectivity index (χ2v) is 6.31. The number of carbonyl (C=O) groups excluding carboxylic acids is 1. The van der Waals surface area contributed by atoms with Gasteiger partial charge in [-0.3, -0.25) is 0 Å². The molecule has 1 atom stereocenters. The normalized spacial score (nSPS) is 12.5. The van der Waals surface area contributed by atoms with Crippen molar-refractivity contribution in [2.45, 2.75) is 25.7 Å². The highest BCUT2D eigenvalue weighted by molar-refractivity contribution is 7.10. The molecule has 2 amide bonds. The second-order valence-electron chi connectivity index (χ2n) is 5.33. The molecule has 0 spiro atoms. The van der Waals surface area contributed by atoms with Crippen LogP contribution in [-0.2, 0) is 6.54 Å². The molecule has 0 aliphatic heterocycles. The summed E-state index contributed by atoms with van der Waals surface area (Å²) in [5.74, 6) is -0.144. The van der Waals surface area contributed by atoms with E-state index in [-0.39, 0.29) is 24.5 Å². The number of urea groups is 1. The van der Waals surface area contributed by atoms with Gasteiger partial charge in [-0.25, -0.2) is 9.78 Å². The summed E-state index contributed by atoms with van der Waals surface area (Å²) in [7, 11) is 1.66. The Balaban J connectivity index is 1.95. The quantitative estimate of drug-likeness (QED) is 0.833. The summed E-state index contributed by atoms with van der Waals surface area (Å²) >= 11 is 1.54. The van der Waals surface area contributed by atoms with Gasteiger partial charge in [-0.1, -0.05) is 12.1 Å². The van der Waals surface area contributed by atoms with E-state index in [2.05, 4.69) is 10.3 Å². The number of hydrogen-bond donors (Lipinski definition) is 1. The molecule has 2 heterocycles. The van der Waals surface area contributed by atoms with E-state index in [1.54, 1.807) is 30.5 Å². The molecule has 0 aliphatic rings. The van der Waals surface area contributed by atoms with Gasteiger partial charge in [0, 0.05) is 30.2 Å². The van der Waals surface area contributed by atoms with E-state index >= 15 is 0 Å². The van der Waals surface area contributed by atoms with E-state index in [0.29, 0.717) is 5.56 Å². The number of amides is 2. The first-order valence-corrected chi connectivity index (χ1v) is 8.33. The summed E-state index contributed by atoms with van der Waals surface area (Å²) in [6.45, 7) is 0.481. The molecule has 0 saturated heterocycles. The Morgan fingerprint density at radius 3 is 2.80 bits per heavy atom. The van der Waals surface area contributed by atoms with Crippen LogP contribution in [0.15, 0.2) is 35.8 Å². The number of aromatic nitrogens is 1. The van der Waals surface area contributed by atoms with E-state index < -0.39 is 12.8 Å². The van der Waals surface area contributed by atoms with E-state index in [1.807, 2.05) is 24.4 Å². The van der Waals surface area contributed by atoms with E-state index in [9.17, 15) is 18.0 Å². The lowest BCUT2D eigenvalue weighted by atomic mass is 10.2. The molecule has 136 valence electrons. The third-order valence-corrected chi connectivity index (χ3v) is 4.55. The van der Waals surface area contributed by atoms with Gasteiger partial charge >= 0.3 is 12.2 Å². The fourth-order valence-electron chi connectivity index (χ4n) is 2.03. The molecule has 2 rings (SSSR count). The van der Waals surface area contributed by atoms with Crippen molar-refractivity contribution in [3.05, 3.63) is 46.3 Å². The predicted octanol–water partition coefficient (Wildman–Crippen LogP) is 3.99. The zero-order valence-corrected chi connectivity index (χ0v) is 14.5. The van der Waals surface area contributed by atoms with Gasteiger partial charge in [0.1, 0.15) is 0 Å². The molecule has 1 unspecified atom stereocenters. The van der Waals surface area contributed by atoms with Gasteiger partial charge in [0.15, 0.2) is 6.61 Å². The van der Waals surface area contributed by atoms with Crippen LogP contribution >= 0.6 is 11.3 Å². The summed E-state index contributed by atoms with van der Waals surface area (Å²) in [4.78, 5) is 18.6. The Morgan fingerprint density at radius 2 is 2.16 bits per heavy atom. The van der Waals surface area contributed by atoms with Crippen LogP contribution in [0.1, 0.15) is 23.4 Å². The number of nitrogens with one attached hydrogen (secondary N) is 1. The molecule has 5 nitrogen and oxygen atoms in total. The molecule has 9 heteroatoms. The summed E-state index contributed by atoms with van der Waals surface area (Å²) in [6.07, 6.45) is -3.11. The van der Waals surface area contributed by atoms with Gasteiger partial charge in [-0.05, 0) is 24.4 Å². The molecule has 0 bridgehead atoms. The lowest BCUT2D eigenvalue weighted by molar-refractivity contribution is -0.154. The van der Waals surface area contributed by atoms with Gasteiger partial charge in [0.25, 0.3) is 0 Å². The second kappa shape index (κ2) is 8.19. The molecule has 1 N–H and O–H groups in total. The molecular formula is C16H18F3N3O2S. The van der Waals surface area contributed by atoms with Gasteiger partial charge in [-0.2, -0.15) is 13.2 Å². The van der Waals surface area contributed by atoms with Gasteiger partial charge in [-0.15, -0.1) is 11.3 Å². The summed E-state index contributed by atoms with van der Waals surface area (Å²) < 4.78 is 41.6. The number of nitrogens with zero attached hydrogens (tertiary/aromatic N) is 2. The van der Waals surface area contributed by atoms with Crippen LogP contribution in [0.3, 0.4) is 0 Å². The van der Waals surface area contributed by atoms with Crippen LogP contribution < -0.4 is 10.1 Å². The first-order chi connectivity index (χ1) is 11.8. The Bertz CT molecular complexity index is 692. The van der Waals surface area contributed by atoms with Crippen molar-refractivity contribution < 1.29 is 22.7 Å². The molecule has 25 heavy (non-hydrogen) atoms. The smallest absolute Gasteiger partial charge is 0.422 e. The van der Waals surface area contributed by atoms with Crippen LogP contribution in [0.4, 0.5) is 18.0 Å².